The van der Waals surface area contributed by atoms with Crippen LogP contribution in [0.15, 0.2) is 29.4 Å². The SMILES string of the molecule is CCOC(C)ON=C(Cl)c1ccc(Cl)cc1. The van der Waals surface area contributed by atoms with Crippen LogP contribution in [-0.4, -0.2) is 18.1 Å². The molecular weight excluding hydrogens is 249 g/mol. The molecule has 1 unspecified atom stereocenters. The molecule has 0 aliphatic rings. The molecule has 88 valence electrons. The molecule has 5 heteroatoms. The van der Waals surface area contributed by atoms with Crippen LogP contribution in [0, 0.1) is 0 Å². The first kappa shape index (κ1) is 13.3. The first-order chi connectivity index (χ1) is 7.63. The average Bonchev–Trinajstić information content (AvgIpc) is 2.27. The highest BCUT2D eigenvalue weighted by molar-refractivity contribution is 6.69. The number of benzene rings is 1. The Kier molecular flexibility index (Phi) is 5.60. The average molecular weight is 262 g/mol. The summed E-state index contributed by atoms with van der Waals surface area (Å²) >= 11 is 11.7. The Balaban J connectivity index is 2.59. The molecule has 0 spiro atoms. The van der Waals surface area contributed by atoms with Gasteiger partial charge in [0.25, 0.3) is 0 Å². The van der Waals surface area contributed by atoms with Gasteiger partial charge in [0.2, 0.25) is 6.29 Å². The van der Waals surface area contributed by atoms with Crippen molar-refractivity contribution in [2.45, 2.75) is 20.1 Å². The van der Waals surface area contributed by atoms with Gasteiger partial charge in [-0.2, -0.15) is 0 Å². The molecule has 1 atom stereocenters. The van der Waals surface area contributed by atoms with Crippen molar-refractivity contribution in [2.75, 3.05) is 6.61 Å². The van der Waals surface area contributed by atoms with Gasteiger partial charge in [0.15, 0.2) is 5.17 Å². The molecule has 0 aliphatic carbocycles. The minimum Gasteiger partial charge on any atom is -0.362 e. The number of rotatable bonds is 5. The zero-order valence-electron chi connectivity index (χ0n) is 9.11. The molecule has 0 aromatic heterocycles. The number of hydrogen-bond acceptors (Lipinski definition) is 3. The van der Waals surface area contributed by atoms with Crippen molar-refractivity contribution < 1.29 is 9.57 Å². The van der Waals surface area contributed by atoms with E-state index in [1.165, 1.54) is 0 Å². The standard InChI is InChI=1S/C11H13Cl2NO2/c1-3-15-8(2)16-14-11(13)9-4-6-10(12)7-5-9/h4-8H,3H2,1-2H3. The van der Waals surface area contributed by atoms with E-state index in [0.717, 1.165) is 5.56 Å². The highest BCUT2D eigenvalue weighted by Crippen LogP contribution is 2.12. The van der Waals surface area contributed by atoms with E-state index in [0.29, 0.717) is 11.6 Å². The Morgan fingerprint density at radius 2 is 2.00 bits per heavy atom. The lowest BCUT2D eigenvalue weighted by molar-refractivity contribution is -0.126. The van der Waals surface area contributed by atoms with Gasteiger partial charge in [-0.1, -0.05) is 40.5 Å². The second-order valence-electron chi connectivity index (χ2n) is 3.02. The molecule has 0 saturated carbocycles. The van der Waals surface area contributed by atoms with Crippen LogP contribution in [0.25, 0.3) is 0 Å². The molecule has 1 rings (SSSR count). The highest BCUT2D eigenvalue weighted by Gasteiger charge is 2.03. The largest absolute Gasteiger partial charge is 0.362 e. The van der Waals surface area contributed by atoms with Gasteiger partial charge in [0.1, 0.15) is 0 Å². The monoisotopic (exact) mass is 261 g/mol. The number of oxime groups is 1. The summed E-state index contributed by atoms with van der Waals surface area (Å²) in [6, 6.07) is 7.01. The van der Waals surface area contributed by atoms with Crippen molar-refractivity contribution in [3.05, 3.63) is 34.9 Å². The van der Waals surface area contributed by atoms with Crippen molar-refractivity contribution in [3.63, 3.8) is 0 Å². The summed E-state index contributed by atoms with van der Waals surface area (Å²) in [4.78, 5) is 5.03. The van der Waals surface area contributed by atoms with Crippen LogP contribution in [0.1, 0.15) is 19.4 Å². The lowest BCUT2D eigenvalue weighted by Gasteiger charge is -2.09. The summed E-state index contributed by atoms with van der Waals surface area (Å²) in [6.07, 6.45) is -0.411. The number of hydrogen-bond donors (Lipinski definition) is 0. The molecular formula is C11H13Cl2NO2. The summed E-state index contributed by atoms with van der Waals surface area (Å²) < 4.78 is 5.14. The van der Waals surface area contributed by atoms with Crippen LogP contribution in [0.2, 0.25) is 5.02 Å². The number of ether oxygens (including phenoxy) is 1. The molecule has 0 bridgehead atoms. The fourth-order valence-corrected chi connectivity index (χ4v) is 1.32. The zero-order chi connectivity index (χ0) is 12.0. The molecule has 0 aliphatic heterocycles. The zero-order valence-corrected chi connectivity index (χ0v) is 10.6. The second-order valence-corrected chi connectivity index (χ2v) is 3.81. The molecule has 0 saturated heterocycles. The van der Waals surface area contributed by atoms with Gasteiger partial charge in [-0.05, 0) is 19.1 Å². The maximum atomic E-state index is 5.93. The highest BCUT2D eigenvalue weighted by atomic mass is 35.5. The molecule has 0 amide bonds. The molecule has 16 heavy (non-hydrogen) atoms. The van der Waals surface area contributed by atoms with Gasteiger partial charge in [-0.3, -0.25) is 0 Å². The minimum absolute atomic E-state index is 0.267. The van der Waals surface area contributed by atoms with E-state index in [1.54, 1.807) is 31.2 Å². The third kappa shape index (κ3) is 4.39. The molecule has 0 heterocycles. The van der Waals surface area contributed by atoms with Crippen molar-refractivity contribution in [1.82, 2.24) is 0 Å². The summed E-state index contributed by atoms with van der Waals surface area (Å²) in [6.45, 7) is 4.19. The molecule has 0 fully saturated rings. The first-order valence-electron chi connectivity index (χ1n) is 4.90. The quantitative estimate of drug-likeness (QED) is 0.460. The van der Waals surface area contributed by atoms with Gasteiger partial charge in [-0.25, -0.2) is 0 Å². The van der Waals surface area contributed by atoms with Crippen LogP contribution in [0.5, 0.6) is 0 Å². The Morgan fingerprint density at radius 3 is 2.56 bits per heavy atom. The van der Waals surface area contributed by atoms with Crippen molar-refractivity contribution >= 4 is 28.4 Å². The van der Waals surface area contributed by atoms with E-state index in [1.807, 2.05) is 6.92 Å². The van der Waals surface area contributed by atoms with Crippen molar-refractivity contribution in [1.29, 1.82) is 0 Å². The first-order valence-corrected chi connectivity index (χ1v) is 5.66. The number of halogens is 2. The van der Waals surface area contributed by atoms with E-state index in [9.17, 15) is 0 Å². The van der Waals surface area contributed by atoms with Crippen molar-refractivity contribution in [2.24, 2.45) is 5.16 Å². The maximum absolute atomic E-state index is 5.93. The summed E-state index contributed by atoms with van der Waals surface area (Å²) in [7, 11) is 0. The second kappa shape index (κ2) is 6.74. The van der Waals surface area contributed by atoms with E-state index in [-0.39, 0.29) is 5.17 Å². The van der Waals surface area contributed by atoms with Gasteiger partial charge < -0.3 is 9.57 Å². The fourth-order valence-electron chi connectivity index (χ4n) is 1.03. The Labute approximate surface area is 105 Å². The third-order valence-corrected chi connectivity index (χ3v) is 2.30. The van der Waals surface area contributed by atoms with E-state index in [4.69, 9.17) is 32.8 Å². The molecule has 1 aromatic carbocycles. The van der Waals surface area contributed by atoms with E-state index >= 15 is 0 Å². The van der Waals surface area contributed by atoms with Crippen LogP contribution in [0.4, 0.5) is 0 Å². The van der Waals surface area contributed by atoms with Gasteiger partial charge in [0.05, 0.1) is 0 Å². The smallest absolute Gasteiger partial charge is 0.224 e. The number of nitrogens with zero attached hydrogens (tertiary/aromatic N) is 1. The van der Waals surface area contributed by atoms with Crippen LogP contribution in [0.3, 0.4) is 0 Å². The Bertz CT molecular complexity index is 352. The van der Waals surface area contributed by atoms with Gasteiger partial charge >= 0.3 is 0 Å². The molecule has 0 N–H and O–H groups in total. The maximum Gasteiger partial charge on any atom is 0.224 e. The Hall–Kier alpha value is -0.770. The molecule has 1 aromatic rings. The predicted molar refractivity (Wildman–Crippen MR) is 66.0 cm³/mol. The van der Waals surface area contributed by atoms with E-state index in [2.05, 4.69) is 5.16 Å². The van der Waals surface area contributed by atoms with Crippen LogP contribution < -0.4 is 0 Å². The lowest BCUT2D eigenvalue weighted by Crippen LogP contribution is -2.10. The predicted octanol–water partition coefficient (Wildman–Crippen LogP) is 3.64. The normalized spacial score (nSPS) is 13.6. The van der Waals surface area contributed by atoms with Gasteiger partial charge in [-0.15, -0.1) is 0 Å². The Morgan fingerprint density at radius 1 is 1.38 bits per heavy atom. The summed E-state index contributed by atoms with van der Waals surface area (Å²) in [5.74, 6) is 0. The van der Waals surface area contributed by atoms with Gasteiger partial charge in [0, 0.05) is 24.1 Å². The van der Waals surface area contributed by atoms with Crippen LogP contribution in [-0.2, 0) is 9.57 Å². The molecule has 0 radical (unpaired) electrons. The summed E-state index contributed by atoms with van der Waals surface area (Å²) in [5, 5.41) is 4.67. The topological polar surface area (TPSA) is 30.8 Å². The summed E-state index contributed by atoms with van der Waals surface area (Å²) in [5.41, 5.74) is 0.745. The lowest BCUT2D eigenvalue weighted by atomic mass is 10.2. The molecule has 3 nitrogen and oxygen atoms in total. The van der Waals surface area contributed by atoms with Crippen LogP contribution >= 0.6 is 23.2 Å². The third-order valence-electron chi connectivity index (χ3n) is 1.77. The van der Waals surface area contributed by atoms with E-state index < -0.39 is 6.29 Å². The minimum atomic E-state index is -0.411. The van der Waals surface area contributed by atoms with Crippen molar-refractivity contribution in [3.8, 4) is 0 Å². The fraction of sp³-hybridized carbons (Fsp3) is 0.364.